The Labute approximate surface area is 212 Å². The van der Waals surface area contributed by atoms with Crippen molar-refractivity contribution in [1.82, 2.24) is 15.2 Å². The highest BCUT2D eigenvalue weighted by molar-refractivity contribution is 6.08. The molecule has 0 saturated carbocycles. The number of piperidine rings is 1. The van der Waals surface area contributed by atoms with E-state index in [-0.39, 0.29) is 17.2 Å². The number of nitrogens with two attached hydrogens (primary N) is 1. The summed E-state index contributed by atoms with van der Waals surface area (Å²) in [6.45, 7) is 6.59. The second kappa shape index (κ2) is 12.7. The number of aliphatic hydroxyl groups excluding tert-OH is 2. The SMILES string of the molecule is CC(C)(O)CN1CCC(CNC(=O)c2cc(F)c(N)c3cccnc23)CC1.O=C(O)[C@H](O)[C@@H](O)C(=O)O. The van der Waals surface area contributed by atoms with Gasteiger partial charge in [0, 0.05) is 24.7 Å². The molecule has 13 heteroatoms. The molecule has 1 aromatic heterocycles. The molecule has 1 aliphatic rings. The van der Waals surface area contributed by atoms with Gasteiger partial charge in [0.15, 0.2) is 12.2 Å². The summed E-state index contributed by atoms with van der Waals surface area (Å²) in [6.07, 6.45) is -1.07. The second-order valence-corrected chi connectivity index (χ2v) is 9.53. The fourth-order valence-electron chi connectivity index (χ4n) is 3.91. The number of amides is 1. The zero-order valence-electron chi connectivity index (χ0n) is 20.6. The van der Waals surface area contributed by atoms with Gasteiger partial charge in [0.25, 0.3) is 5.91 Å². The lowest BCUT2D eigenvalue weighted by Crippen LogP contribution is -2.44. The summed E-state index contributed by atoms with van der Waals surface area (Å²) >= 11 is 0. The molecule has 2 aromatic rings. The quantitative estimate of drug-likeness (QED) is 0.230. The molecule has 0 radical (unpaired) electrons. The van der Waals surface area contributed by atoms with Gasteiger partial charge in [-0.2, -0.15) is 0 Å². The number of halogens is 1. The number of aromatic nitrogens is 1. The second-order valence-electron chi connectivity index (χ2n) is 9.53. The predicted octanol–water partition coefficient (Wildman–Crippen LogP) is 0.0462. The van der Waals surface area contributed by atoms with Crippen LogP contribution in [0.15, 0.2) is 24.4 Å². The molecule has 2 heterocycles. The number of pyridine rings is 1. The lowest BCUT2D eigenvalue weighted by molar-refractivity contribution is -0.165. The van der Waals surface area contributed by atoms with Crippen LogP contribution < -0.4 is 11.1 Å². The van der Waals surface area contributed by atoms with Crippen molar-refractivity contribution in [3.05, 3.63) is 35.8 Å². The van der Waals surface area contributed by atoms with Crippen LogP contribution in [0.25, 0.3) is 10.9 Å². The maximum atomic E-state index is 14.1. The molecular formula is C24H33FN4O8. The van der Waals surface area contributed by atoms with Crippen LogP contribution in [0.4, 0.5) is 10.1 Å². The summed E-state index contributed by atoms with van der Waals surface area (Å²) in [5.74, 6) is -4.12. The Balaban J connectivity index is 0.000000410. The number of carbonyl (C=O) groups is 3. The molecule has 1 fully saturated rings. The molecule has 1 saturated heterocycles. The van der Waals surface area contributed by atoms with Crippen LogP contribution in [-0.2, 0) is 9.59 Å². The molecule has 1 aromatic carbocycles. The van der Waals surface area contributed by atoms with Crippen LogP contribution >= 0.6 is 0 Å². The average molecular weight is 525 g/mol. The van der Waals surface area contributed by atoms with Gasteiger partial charge in [0.2, 0.25) is 0 Å². The van der Waals surface area contributed by atoms with Crippen LogP contribution in [-0.4, -0.2) is 97.3 Å². The molecule has 0 aliphatic carbocycles. The van der Waals surface area contributed by atoms with Crippen molar-refractivity contribution in [2.24, 2.45) is 5.92 Å². The third-order valence-corrected chi connectivity index (χ3v) is 5.80. The van der Waals surface area contributed by atoms with Gasteiger partial charge in [-0.05, 0) is 63.9 Å². The molecular weight excluding hydrogens is 491 g/mol. The highest BCUT2D eigenvalue weighted by Crippen LogP contribution is 2.26. The standard InChI is InChI=1S/C20H27FN4O2.C4H6O6/c1-20(2,27)12-25-8-5-13(6-9-25)11-24-19(26)15-10-16(21)17(22)14-4-3-7-23-18(14)15;5-1(3(7)8)2(6)4(9)10/h3-4,7,10,13,27H,5-6,8-9,11-12,22H2,1-2H3,(H,24,26);1-2,5-6H,(H,7,8)(H,9,10)/t;1-,2-/m.1/s1. The number of anilines is 1. The molecule has 204 valence electrons. The molecule has 1 aliphatic heterocycles. The number of aliphatic hydroxyl groups is 3. The molecule has 1 amide bonds. The Kier molecular flexibility index (Phi) is 10.3. The Bertz CT molecular complexity index is 1100. The summed E-state index contributed by atoms with van der Waals surface area (Å²) in [5, 5.41) is 45.8. The van der Waals surface area contributed by atoms with Crippen molar-refractivity contribution in [1.29, 1.82) is 0 Å². The fourth-order valence-corrected chi connectivity index (χ4v) is 3.91. The summed E-state index contributed by atoms with van der Waals surface area (Å²) in [5.41, 5.74) is 5.69. The number of fused-ring (bicyclic) bond motifs is 1. The Morgan fingerprint density at radius 3 is 2.27 bits per heavy atom. The smallest absolute Gasteiger partial charge is 0.335 e. The topological polar surface area (TPSA) is 207 Å². The summed E-state index contributed by atoms with van der Waals surface area (Å²) < 4.78 is 14.1. The minimum Gasteiger partial charge on any atom is -0.479 e. The number of hydrogen-bond acceptors (Lipinski definition) is 9. The average Bonchev–Trinajstić information content (AvgIpc) is 2.84. The minimum atomic E-state index is -2.27. The van der Waals surface area contributed by atoms with Gasteiger partial charge in [-0.3, -0.25) is 9.78 Å². The molecule has 0 spiro atoms. The number of nitrogens with zero attached hydrogens (tertiary/aromatic N) is 2. The van der Waals surface area contributed by atoms with Crippen LogP contribution in [0, 0.1) is 11.7 Å². The van der Waals surface area contributed by atoms with E-state index in [9.17, 15) is 23.9 Å². The highest BCUT2D eigenvalue weighted by Gasteiger charge is 2.29. The first-order valence-electron chi connectivity index (χ1n) is 11.6. The first-order valence-corrected chi connectivity index (χ1v) is 11.6. The number of hydrogen-bond donors (Lipinski definition) is 7. The van der Waals surface area contributed by atoms with Crippen molar-refractivity contribution < 1.29 is 44.3 Å². The number of nitrogens with one attached hydrogen (secondary N) is 1. The van der Waals surface area contributed by atoms with E-state index in [1.165, 1.54) is 0 Å². The van der Waals surface area contributed by atoms with Gasteiger partial charge in [-0.25, -0.2) is 14.0 Å². The van der Waals surface area contributed by atoms with Crippen molar-refractivity contribution >= 4 is 34.4 Å². The van der Waals surface area contributed by atoms with E-state index >= 15 is 0 Å². The van der Waals surface area contributed by atoms with Gasteiger partial charge in [0.1, 0.15) is 5.82 Å². The lowest BCUT2D eigenvalue weighted by Gasteiger charge is -2.35. The molecule has 0 unspecified atom stereocenters. The van der Waals surface area contributed by atoms with Crippen molar-refractivity contribution in [2.75, 3.05) is 31.9 Å². The van der Waals surface area contributed by atoms with Gasteiger partial charge < -0.3 is 41.5 Å². The first kappa shape index (κ1) is 29.8. The number of β-amino-alcohol motifs (C(OH)–C–C–N with tert-alkyl or cyclic N) is 1. The summed E-state index contributed by atoms with van der Waals surface area (Å²) in [6, 6.07) is 4.49. The molecule has 3 rings (SSSR count). The van der Waals surface area contributed by atoms with Crippen molar-refractivity contribution in [2.45, 2.75) is 44.5 Å². The number of benzene rings is 1. The Hall–Kier alpha value is -3.39. The van der Waals surface area contributed by atoms with Crippen LogP contribution in [0.2, 0.25) is 0 Å². The van der Waals surface area contributed by atoms with Crippen molar-refractivity contribution in [3.8, 4) is 0 Å². The maximum Gasteiger partial charge on any atom is 0.335 e. The zero-order valence-corrected chi connectivity index (χ0v) is 20.6. The van der Waals surface area contributed by atoms with Crippen LogP contribution in [0.5, 0.6) is 0 Å². The maximum absolute atomic E-state index is 14.1. The van der Waals surface area contributed by atoms with E-state index in [1.54, 1.807) is 18.3 Å². The van der Waals surface area contributed by atoms with E-state index in [4.69, 9.17) is 26.2 Å². The number of carbonyl (C=O) groups excluding carboxylic acids is 1. The van der Waals surface area contributed by atoms with Crippen LogP contribution in [0.1, 0.15) is 37.0 Å². The number of aliphatic carboxylic acids is 2. The molecule has 37 heavy (non-hydrogen) atoms. The highest BCUT2D eigenvalue weighted by atomic mass is 19.1. The van der Waals surface area contributed by atoms with E-state index < -0.39 is 35.6 Å². The Morgan fingerprint density at radius 1 is 1.19 bits per heavy atom. The summed E-state index contributed by atoms with van der Waals surface area (Å²) in [4.78, 5) is 38.6. The van der Waals surface area contributed by atoms with Gasteiger partial charge >= 0.3 is 11.9 Å². The third kappa shape index (κ3) is 8.60. The molecule has 12 nitrogen and oxygen atoms in total. The first-order chi connectivity index (χ1) is 17.2. The van der Waals surface area contributed by atoms with Crippen molar-refractivity contribution in [3.63, 3.8) is 0 Å². The van der Waals surface area contributed by atoms with Gasteiger partial charge in [-0.15, -0.1) is 0 Å². The largest absolute Gasteiger partial charge is 0.479 e. The monoisotopic (exact) mass is 524 g/mol. The van der Waals surface area contributed by atoms with E-state index in [2.05, 4.69) is 15.2 Å². The minimum absolute atomic E-state index is 0.00818. The number of carboxylic acids is 2. The zero-order chi connectivity index (χ0) is 27.9. The Morgan fingerprint density at radius 2 is 1.76 bits per heavy atom. The van der Waals surface area contributed by atoms with E-state index in [1.807, 2.05) is 13.8 Å². The molecule has 0 bridgehead atoms. The number of nitrogen functional groups attached to an aromatic ring is 1. The lowest BCUT2D eigenvalue weighted by atomic mass is 9.95. The van der Waals surface area contributed by atoms with E-state index in [0.717, 1.165) is 32.0 Å². The molecule has 8 N–H and O–H groups in total. The van der Waals surface area contributed by atoms with Gasteiger partial charge in [-0.1, -0.05) is 0 Å². The summed E-state index contributed by atoms with van der Waals surface area (Å²) in [7, 11) is 0. The number of likely N-dealkylation sites (tertiary alicyclic amines) is 1. The fraction of sp³-hybridized carbons (Fsp3) is 0.500. The normalized spacial score (nSPS) is 16.4. The number of carboxylic acid groups (broad SMARTS) is 2. The third-order valence-electron chi connectivity index (χ3n) is 5.80. The predicted molar refractivity (Wildman–Crippen MR) is 131 cm³/mol. The van der Waals surface area contributed by atoms with Crippen LogP contribution in [0.3, 0.4) is 0 Å². The van der Waals surface area contributed by atoms with Gasteiger partial charge in [0.05, 0.1) is 22.4 Å². The number of rotatable bonds is 8. The molecule has 2 atom stereocenters. The van der Waals surface area contributed by atoms with E-state index in [0.29, 0.717) is 29.9 Å².